The molecule has 0 saturated heterocycles. The summed E-state index contributed by atoms with van der Waals surface area (Å²) < 4.78 is 22.7. The van der Waals surface area contributed by atoms with Gasteiger partial charge in [0.25, 0.3) is 0 Å². The number of ether oxygens (including phenoxy) is 2. The van der Waals surface area contributed by atoms with Gasteiger partial charge >= 0.3 is 0 Å². The first kappa shape index (κ1) is 17.9. The van der Waals surface area contributed by atoms with Gasteiger partial charge in [-0.05, 0) is 26.0 Å². The number of aromatic nitrogens is 1. The van der Waals surface area contributed by atoms with E-state index in [4.69, 9.17) is 15.2 Å². The minimum atomic E-state index is -1.31. The molecular formula is C17H21N3O3S. The first-order valence-electron chi connectivity index (χ1n) is 7.30. The molecule has 0 radical (unpaired) electrons. The second-order valence-electron chi connectivity index (χ2n) is 5.23. The molecule has 6 nitrogen and oxygen atoms in total. The monoisotopic (exact) mass is 347 g/mol. The van der Waals surface area contributed by atoms with E-state index in [9.17, 15) is 4.21 Å². The number of methoxy groups -OCH3 is 2. The van der Waals surface area contributed by atoms with Crippen molar-refractivity contribution >= 4 is 27.7 Å². The van der Waals surface area contributed by atoms with Crippen LogP contribution in [0.15, 0.2) is 29.4 Å². The molecule has 0 aliphatic heterocycles. The van der Waals surface area contributed by atoms with Crippen LogP contribution in [0.25, 0.3) is 0 Å². The van der Waals surface area contributed by atoms with E-state index < -0.39 is 10.8 Å². The lowest BCUT2D eigenvalue weighted by Crippen LogP contribution is -2.04. The summed E-state index contributed by atoms with van der Waals surface area (Å²) in [6.07, 6.45) is 1.72. The fraction of sp³-hybridized carbons (Fsp3) is 0.294. The lowest BCUT2D eigenvalue weighted by molar-refractivity contribution is 0.407. The average molecular weight is 347 g/mol. The minimum Gasteiger partial charge on any atom is -0.497 e. The Morgan fingerprint density at radius 1 is 1.29 bits per heavy atom. The molecule has 1 heterocycles. The molecule has 0 saturated carbocycles. The third-order valence-corrected chi connectivity index (χ3v) is 4.47. The molecule has 7 heteroatoms. The van der Waals surface area contributed by atoms with Gasteiger partial charge in [-0.3, -0.25) is 9.19 Å². The second kappa shape index (κ2) is 7.92. The van der Waals surface area contributed by atoms with E-state index in [0.717, 1.165) is 22.6 Å². The lowest BCUT2D eigenvalue weighted by Gasteiger charge is -2.11. The number of aryl methyl sites for hydroxylation is 1. The van der Waals surface area contributed by atoms with E-state index in [1.54, 1.807) is 38.6 Å². The standard InChI is InChI=1S/C17H21N3O3S/c1-11-8-19-16(12(2)17(11)23-4)9-24(21)10-20-15-6-5-13(22-3)7-14(15)18/h5-8,10H,9,18H2,1-4H3. The van der Waals surface area contributed by atoms with Crippen molar-refractivity contribution in [1.82, 2.24) is 4.98 Å². The Kier molecular flexibility index (Phi) is 5.92. The molecule has 2 rings (SSSR count). The van der Waals surface area contributed by atoms with Crippen LogP contribution in [-0.4, -0.2) is 29.0 Å². The van der Waals surface area contributed by atoms with Crippen molar-refractivity contribution in [1.29, 1.82) is 0 Å². The zero-order valence-electron chi connectivity index (χ0n) is 14.2. The SMILES string of the molecule is COc1ccc(N=CS(=O)Cc2ncc(C)c(OC)c2C)c(N)c1. The summed E-state index contributed by atoms with van der Waals surface area (Å²) in [5, 5.41) is 0. The van der Waals surface area contributed by atoms with Gasteiger partial charge in [-0.15, -0.1) is 0 Å². The van der Waals surface area contributed by atoms with Gasteiger partial charge in [0.15, 0.2) is 0 Å². The summed E-state index contributed by atoms with van der Waals surface area (Å²) in [6.45, 7) is 3.83. The Bertz CT molecular complexity index is 791. The van der Waals surface area contributed by atoms with Crippen LogP contribution in [0, 0.1) is 13.8 Å². The molecule has 0 aliphatic carbocycles. The van der Waals surface area contributed by atoms with Gasteiger partial charge in [0.05, 0.1) is 53.4 Å². The van der Waals surface area contributed by atoms with E-state index in [1.807, 2.05) is 13.8 Å². The first-order valence-corrected chi connectivity index (χ1v) is 8.68. The second-order valence-corrected chi connectivity index (χ2v) is 6.49. The zero-order valence-corrected chi connectivity index (χ0v) is 15.0. The minimum absolute atomic E-state index is 0.266. The van der Waals surface area contributed by atoms with Crippen LogP contribution in [0.5, 0.6) is 11.5 Å². The van der Waals surface area contributed by atoms with E-state index in [2.05, 4.69) is 9.98 Å². The van der Waals surface area contributed by atoms with Crippen molar-refractivity contribution in [3.8, 4) is 11.5 Å². The predicted molar refractivity (Wildman–Crippen MR) is 97.7 cm³/mol. The summed E-state index contributed by atoms with van der Waals surface area (Å²) in [6, 6.07) is 5.15. The van der Waals surface area contributed by atoms with Gasteiger partial charge in [0.1, 0.15) is 11.5 Å². The summed E-state index contributed by atoms with van der Waals surface area (Å²) >= 11 is 0. The molecule has 1 aromatic heterocycles. The fourth-order valence-electron chi connectivity index (χ4n) is 2.28. The van der Waals surface area contributed by atoms with Gasteiger partial charge in [-0.25, -0.2) is 4.99 Å². The molecule has 2 N–H and O–H groups in total. The highest BCUT2D eigenvalue weighted by Crippen LogP contribution is 2.27. The largest absolute Gasteiger partial charge is 0.497 e. The van der Waals surface area contributed by atoms with E-state index in [1.165, 1.54) is 5.55 Å². The highest BCUT2D eigenvalue weighted by atomic mass is 32.2. The molecule has 0 amide bonds. The number of nitrogens with two attached hydrogens (primary N) is 1. The molecule has 0 aliphatic rings. The van der Waals surface area contributed by atoms with Crippen molar-refractivity contribution in [2.75, 3.05) is 20.0 Å². The molecule has 1 aromatic carbocycles. The number of nitrogens with zero attached hydrogens (tertiary/aromatic N) is 2. The molecule has 1 atom stereocenters. The van der Waals surface area contributed by atoms with Gasteiger partial charge < -0.3 is 15.2 Å². The average Bonchev–Trinajstić information content (AvgIpc) is 2.56. The first-order chi connectivity index (χ1) is 11.5. The van der Waals surface area contributed by atoms with Crippen LogP contribution in [0.4, 0.5) is 11.4 Å². The van der Waals surface area contributed by atoms with Crippen LogP contribution in [0.2, 0.25) is 0 Å². The van der Waals surface area contributed by atoms with Crippen molar-refractivity contribution in [3.05, 3.63) is 41.2 Å². The van der Waals surface area contributed by atoms with Crippen molar-refractivity contribution in [2.24, 2.45) is 4.99 Å². The highest BCUT2D eigenvalue weighted by molar-refractivity contribution is 7.97. The predicted octanol–water partition coefficient (Wildman–Crippen LogP) is 2.91. The topological polar surface area (TPSA) is 86.8 Å². The molecule has 24 heavy (non-hydrogen) atoms. The number of nitrogen functional groups attached to an aromatic ring is 1. The van der Waals surface area contributed by atoms with E-state index in [-0.39, 0.29) is 5.75 Å². The van der Waals surface area contributed by atoms with Gasteiger partial charge in [-0.2, -0.15) is 0 Å². The summed E-state index contributed by atoms with van der Waals surface area (Å²) in [5.74, 6) is 1.69. The number of aliphatic imine (C=N–C) groups is 1. The normalized spacial score (nSPS) is 12.3. The summed E-state index contributed by atoms with van der Waals surface area (Å²) in [7, 11) is 1.87. The smallest absolute Gasteiger partial charge is 0.128 e. The van der Waals surface area contributed by atoms with Gasteiger partial charge in [0, 0.05) is 23.4 Å². The molecule has 0 spiro atoms. The quantitative estimate of drug-likeness (QED) is 0.493. The molecule has 1 unspecified atom stereocenters. The zero-order chi connectivity index (χ0) is 17.7. The van der Waals surface area contributed by atoms with E-state index >= 15 is 0 Å². The Hall–Kier alpha value is -2.41. The molecule has 2 aromatic rings. The van der Waals surface area contributed by atoms with Crippen LogP contribution in [-0.2, 0) is 16.6 Å². The maximum Gasteiger partial charge on any atom is 0.128 e. The number of pyridine rings is 1. The number of hydrogen-bond acceptors (Lipinski definition) is 6. The van der Waals surface area contributed by atoms with Crippen LogP contribution < -0.4 is 15.2 Å². The Morgan fingerprint density at radius 3 is 2.67 bits per heavy atom. The Morgan fingerprint density at radius 2 is 2.04 bits per heavy atom. The molecule has 0 bridgehead atoms. The Labute approximate surface area is 144 Å². The molecule has 0 fully saturated rings. The third-order valence-electron chi connectivity index (χ3n) is 3.57. The number of rotatable bonds is 6. The van der Waals surface area contributed by atoms with Gasteiger partial charge in [0.2, 0.25) is 0 Å². The number of hydrogen-bond donors (Lipinski definition) is 1. The Balaban J connectivity index is 2.14. The van der Waals surface area contributed by atoms with E-state index in [0.29, 0.717) is 17.1 Å². The number of benzene rings is 1. The lowest BCUT2D eigenvalue weighted by atomic mass is 10.1. The van der Waals surface area contributed by atoms with Gasteiger partial charge in [-0.1, -0.05) is 0 Å². The van der Waals surface area contributed by atoms with Crippen molar-refractivity contribution in [2.45, 2.75) is 19.6 Å². The maximum atomic E-state index is 12.3. The number of anilines is 1. The fourth-order valence-corrected chi connectivity index (χ4v) is 3.15. The molecule has 128 valence electrons. The third kappa shape index (κ3) is 4.11. The highest BCUT2D eigenvalue weighted by Gasteiger charge is 2.11. The summed E-state index contributed by atoms with van der Waals surface area (Å²) in [5.41, 5.74) is 10.9. The van der Waals surface area contributed by atoms with Crippen LogP contribution in [0.3, 0.4) is 0 Å². The van der Waals surface area contributed by atoms with Crippen molar-refractivity contribution in [3.63, 3.8) is 0 Å². The van der Waals surface area contributed by atoms with Crippen molar-refractivity contribution < 1.29 is 13.7 Å². The van der Waals surface area contributed by atoms with Crippen LogP contribution >= 0.6 is 0 Å². The van der Waals surface area contributed by atoms with Crippen LogP contribution in [0.1, 0.15) is 16.8 Å². The molecular weight excluding hydrogens is 326 g/mol. The maximum absolute atomic E-state index is 12.3. The summed E-state index contributed by atoms with van der Waals surface area (Å²) in [4.78, 5) is 8.55.